The van der Waals surface area contributed by atoms with Crippen molar-refractivity contribution in [2.45, 2.75) is 71.0 Å². The van der Waals surface area contributed by atoms with Crippen molar-refractivity contribution in [3.8, 4) is 0 Å². The lowest BCUT2D eigenvalue weighted by molar-refractivity contribution is 0.371. The zero-order valence-corrected chi connectivity index (χ0v) is 17.3. The van der Waals surface area contributed by atoms with Crippen LogP contribution < -0.4 is 16.0 Å². The van der Waals surface area contributed by atoms with Gasteiger partial charge in [0, 0.05) is 30.7 Å². The van der Waals surface area contributed by atoms with Gasteiger partial charge in [-0.25, -0.2) is 4.99 Å². The van der Waals surface area contributed by atoms with Crippen molar-refractivity contribution in [1.82, 2.24) is 16.0 Å². The Morgan fingerprint density at radius 2 is 1.71 bits per heavy atom. The molecule has 4 heteroatoms. The number of rotatable bonds is 9. The number of benzene rings is 1. The van der Waals surface area contributed by atoms with Crippen LogP contribution in [0.2, 0.25) is 0 Å². The van der Waals surface area contributed by atoms with Crippen molar-refractivity contribution in [2.75, 3.05) is 13.1 Å². The van der Waals surface area contributed by atoms with Crippen molar-refractivity contribution in [2.24, 2.45) is 16.8 Å². The predicted molar refractivity (Wildman–Crippen MR) is 117 cm³/mol. The topological polar surface area (TPSA) is 48.4 Å². The Hall–Kier alpha value is -1.65. The zero-order valence-electron chi connectivity index (χ0n) is 17.3. The average Bonchev–Trinajstić information content (AvgIpc) is 3.50. The first-order valence-corrected chi connectivity index (χ1v) is 11.3. The number of aliphatic imine (C=N–C) groups is 1. The van der Waals surface area contributed by atoms with Gasteiger partial charge in [0.15, 0.2) is 0 Å². The third-order valence-corrected chi connectivity index (χ3v) is 6.34. The maximum Gasteiger partial charge on any atom is 0.106 e. The van der Waals surface area contributed by atoms with Crippen LogP contribution in [0.3, 0.4) is 0 Å². The molecule has 3 N–H and O–H groups in total. The van der Waals surface area contributed by atoms with Crippen LogP contribution in [0.15, 0.2) is 41.0 Å². The lowest BCUT2D eigenvalue weighted by atomic mass is 9.95. The fourth-order valence-corrected chi connectivity index (χ4v) is 4.53. The van der Waals surface area contributed by atoms with Crippen LogP contribution in [0.4, 0.5) is 0 Å². The molecular weight excluding hydrogens is 344 g/mol. The van der Waals surface area contributed by atoms with E-state index in [4.69, 9.17) is 0 Å². The normalized spacial score (nSPS) is 24.3. The van der Waals surface area contributed by atoms with Crippen molar-refractivity contribution in [3.05, 3.63) is 47.2 Å². The molecule has 3 aliphatic rings. The van der Waals surface area contributed by atoms with E-state index in [2.05, 4.69) is 58.2 Å². The van der Waals surface area contributed by atoms with Crippen molar-refractivity contribution >= 4 is 5.84 Å². The molecule has 1 aromatic rings. The molecule has 2 unspecified atom stereocenters. The SMILES string of the molecule is CC1=CC2CC2C(NCc2ccc(CNCCCNC3CCCCC3)cc2)=N1. The van der Waals surface area contributed by atoms with E-state index in [1.807, 2.05) is 0 Å². The van der Waals surface area contributed by atoms with Crippen LogP contribution in [0.5, 0.6) is 0 Å². The molecule has 0 aromatic heterocycles. The maximum atomic E-state index is 4.68. The minimum absolute atomic E-state index is 0.653. The molecule has 2 saturated carbocycles. The van der Waals surface area contributed by atoms with E-state index >= 15 is 0 Å². The van der Waals surface area contributed by atoms with E-state index in [1.165, 1.54) is 61.9 Å². The quantitative estimate of drug-likeness (QED) is 0.565. The largest absolute Gasteiger partial charge is 0.369 e. The van der Waals surface area contributed by atoms with Gasteiger partial charge in [-0.3, -0.25) is 0 Å². The monoisotopic (exact) mass is 380 g/mol. The van der Waals surface area contributed by atoms with Gasteiger partial charge in [0.2, 0.25) is 0 Å². The minimum Gasteiger partial charge on any atom is -0.369 e. The van der Waals surface area contributed by atoms with Gasteiger partial charge in [0.1, 0.15) is 5.84 Å². The van der Waals surface area contributed by atoms with E-state index in [9.17, 15) is 0 Å². The molecule has 152 valence electrons. The summed E-state index contributed by atoms with van der Waals surface area (Å²) in [6.45, 7) is 6.15. The van der Waals surface area contributed by atoms with Crippen LogP contribution in [-0.4, -0.2) is 25.0 Å². The molecule has 2 atom stereocenters. The highest BCUT2D eigenvalue weighted by Gasteiger charge is 2.41. The predicted octanol–water partition coefficient (Wildman–Crippen LogP) is 4.13. The molecule has 28 heavy (non-hydrogen) atoms. The molecule has 4 rings (SSSR count). The number of nitrogens with one attached hydrogen (secondary N) is 3. The van der Waals surface area contributed by atoms with Crippen LogP contribution in [0, 0.1) is 11.8 Å². The Kier molecular flexibility index (Phi) is 6.81. The average molecular weight is 381 g/mol. The maximum absolute atomic E-state index is 4.68. The molecule has 0 radical (unpaired) electrons. The Morgan fingerprint density at radius 1 is 0.964 bits per heavy atom. The van der Waals surface area contributed by atoms with Gasteiger partial charge in [-0.15, -0.1) is 0 Å². The van der Waals surface area contributed by atoms with Gasteiger partial charge in [0.25, 0.3) is 0 Å². The number of hydrogen-bond donors (Lipinski definition) is 3. The molecule has 2 aliphatic carbocycles. The molecule has 4 nitrogen and oxygen atoms in total. The summed E-state index contributed by atoms with van der Waals surface area (Å²) in [5.41, 5.74) is 3.85. The third kappa shape index (κ3) is 5.68. The molecule has 0 bridgehead atoms. The zero-order chi connectivity index (χ0) is 19.2. The highest BCUT2D eigenvalue weighted by atomic mass is 15.0. The summed E-state index contributed by atoms with van der Waals surface area (Å²) in [4.78, 5) is 4.68. The van der Waals surface area contributed by atoms with Crippen LogP contribution in [-0.2, 0) is 13.1 Å². The summed E-state index contributed by atoms with van der Waals surface area (Å²) in [5.74, 6) is 2.59. The summed E-state index contributed by atoms with van der Waals surface area (Å²) < 4.78 is 0. The number of nitrogens with zero attached hydrogens (tertiary/aromatic N) is 1. The van der Waals surface area contributed by atoms with E-state index in [0.717, 1.165) is 43.8 Å². The fourth-order valence-electron chi connectivity index (χ4n) is 4.53. The Balaban J connectivity index is 1.10. The van der Waals surface area contributed by atoms with Gasteiger partial charge in [-0.1, -0.05) is 49.6 Å². The lowest BCUT2D eigenvalue weighted by Crippen LogP contribution is -2.33. The molecule has 1 aliphatic heterocycles. The second-order valence-electron chi connectivity index (χ2n) is 8.80. The lowest BCUT2D eigenvalue weighted by Gasteiger charge is -2.22. The Labute approximate surface area is 170 Å². The number of hydrogen-bond acceptors (Lipinski definition) is 4. The second kappa shape index (κ2) is 9.71. The van der Waals surface area contributed by atoms with Gasteiger partial charge >= 0.3 is 0 Å². The highest BCUT2D eigenvalue weighted by Crippen LogP contribution is 2.43. The summed E-state index contributed by atoms with van der Waals surface area (Å²) in [6.07, 6.45) is 11.8. The van der Waals surface area contributed by atoms with Gasteiger partial charge in [0.05, 0.1) is 0 Å². The van der Waals surface area contributed by atoms with Gasteiger partial charge < -0.3 is 16.0 Å². The summed E-state index contributed by atoms with van der Waals surface area (Å²) in [7, 11) is 0. The van der Waals surface area contributed by atoms with E-state index in [-0.39, 0.29) is 0 Å². The van der Waals surface area contributed by atoms with Crippen molar-refractivity contribution in [1.29, 1.82) is 0 Å². The van der Waals surface area contributed by atoms with Crippen molar-refractivity contribution in [3.63, 3.8) is 0 Å². The van der Waals surface area contributed by atoms with Crippen LogP contribution in [0.1, 0.15) is 63.0 Å². The standard InChI is InChI=1S/C24H36N4/c1-18-14-21-15-23(21)24(28-18)27-17-20-10-8-19(9-11-20)16-25-12-5-13-26-22-6-3-2-4-7-22/h8-11,14,21-23,25-26H,2-7,12-13,15-17H2,1H3,(H,27,28). The summed E-state index contributed by atoms with van der Waals surface area (Å²) in [6, 6.07) is 9.76. The van der Waals surface area contributed by atoms with Crippen LogP contribution >= 0.6 is 0 Å². The Morgan fingerprint density at radius 3 is 2.50 bits per heavy atom. The van der Waals surface area contributed by atoms with Crippen LogP contribution in [0.25, 0.3) is 0 Å². The molecule has 1 heterocycles. The van der Waals surface area contributed by atoms with E-state index in [0.29, 0.717) is 5.92 Å². The first kappa shape index (κ1) is 19.7. The van der Waals surface area contributed by atoms with Gasteiger partial charge in [-0.2, -0.15) is 0 Å². The Bertz CT molecular complexity index is 685. The molecule has 0 saturated heterocycles. The highest BCUT2D eigenvalue weighted by molar-refractivity contribution is 5.89. The molecule has 0 spiro atoms. The molecule has 0 amide bonds. The number of amidine groups is 1. The third-order valence-electron chi connectivity index (χ3n) is 6.34. The second-order valence-corrected chi connectivity index (χ2v) is 8.80. The fraction of sp³-hybridized carbons (Fsp3) is 0.625. The van der Waals surface area contributed by atoms with E-state index < -0.39 is 0 Å². The van der Waals surface area contributed by atoms with Crippen molar-refractivity contribution < 1.29 is 0 Å². The minimum atomic E-state index is 0.653. The first-order chi connectivity index (χ1) is 13.8. The van der Waals surface area contributed by atoms with E-state index in [1.54, 1.807) is 0 Å². The molecule has 2 fully saturated rings. The molecule has 1 aromatic carbocycles. The summed E-state index contributed by atoms with van der Waals surface area (Å²) in [5, 5.41) is 10.9. The number of allylic oxidation sites excluding steroid dienone is 2. The molecular formula is C24H36N4. The number of fused-ring (bicyclic) bond motifs is 1. The smallest absolute Gasteiger partial charge is 0.106 e. The summed E-state index contributed by atoms with van der Waals surface area (Å²) >= 11 is 0. The van der Waals surface area contributed by atoms with Gasteiger partial charge in [-0.05, 0) is 62.7 Å². The first-order valence-electron chi connectivity index (χ1n) is 11.3.